The molecule has 6 heteroatoms. The normalized spacial score (nSPS) is 11.0. The minimum atomic E-state index is -0.260. The monoisotopic (exact) mass is 516 g/mol. The van der Waals surface area contributed by atoms with Gasteiger partial charge in [0.2, 0.25) is 5.91 Å². The van der Waals surface area contributed by atoms with E-state index in [1.807, 2.05) is 0 Å². The molecule has 0 saturated carbocycles. The van der Waals surface area contributed by atoms with Crippen LogP contribution in [0.1, 0.15) is 161 Å². The van der Waals surface area contributed by atoms with Gasteiger partial charge in [-0.25, -0.2) is 5.48 Å². The Bertz CT molecular complexity index is 450. The van der Waals surface area contributed by atoms with Gasteiger partial charge in [0.25, 0.3) is 0 Å². The molecule has 0 spiro atoms. The van der Waals surface area contributed by atoms with Crippen LogP contribution in [0, 0.1) is 0 Å². The first kappa shape index (κ1) is 33.7. The number of rotatable bonds is 27. The van der Waals surface area contributed by atoms with Crippen LogP contribution in [0.5, 0.6) is 0 Å². The molecule has 0 aromatic carbocycles. The molecule has 4 nitrogen and oxygen atoms in total. The predicted octanol–water partition coefficient (Wildman–Crippen LogP) is 9.05. The molecule has 0 aromatic rings. The number of thiocarbonyl (C=S) groups is 1. The zero-order valence-corrected chi connectivity index (χ0v) is 23.8. The van der Waals surface area contributed by atoms with Crippen LogP contribution in [-0.2, 0) is 4.79 Å². The molecule has 0 aliphatic carbocycles. The van der Waals surface area contributed by atoms with Crippen LogP contribution >= 0.6 is 24.8 Å². The van der Waals surface area contributed by atoms with Crippen LogP contribution in [0.2, 0.25) is 0 Å². The highest BCUT2D eigenvalue weighted by molar-refractivity contribution is 8.11. The fraction of sp³-hybridized carbons (Fsp3) is 0.929. The molecule has 0 saturated heterocycles. The van der Waals surface area contributed by atoms with E-state index in [-0.39, 0.29) is 5.91 Å². The smallest absolute Gasteiger partial charge is 0.243 e. The maximum atomic E-state index is 10.9. The van der Waals surface area contributed by atoms with Crippen molar-refractivity contribution in [1.29, 1.82) is 0 Å². The van der Waals surface area contributed by atoms with Crippen molar-refractivity contribution in [1.82, 2.24) is 10.8 Å². The number of amides is 1. The van der Waals surface area contributed by atoms with Gasteiger partial charge in [0.15, 0.2) is 0 Å². The summed E-state index contributed by atoms with van der Waals surface area (Å²) in [4.78, 5) is 10.9. The van der Waals surface area contributed by atoms with E-state index in [0.717, 1.165) is 19.4 Å². The van der Waals surface area contributed by atoms with Crippen LogP contribution in [0.4, 0.5) is 0 Å². The van der Waals surface area contributed by atoms with Crippen molar-refractivity contribution >= 4 is 35.1 Å². The molecule has 0 fully saturated rings. The highest BCUT2D eigenvalue weighted by atomic mass is 32.1. The van der Waals surface area contributed by atoms with Crippen molar-refractivity contribution in [2.75, 3.05) is 6.54 Å². The molecule has 0 bridgehead atoms. The lowest BCUT2D eigenvalue weighted by Gasteiger charge is -2.05. The van der Waals surface area contributed by atoms with Gasteiger partial charge in [-0.3, -0.25) is 10.0 Å². The molecule has 0 aliphatic heterocycles. The standard InChI is InChI=1S/C28H56N2O2S2/c31-27(30-32)25-23-21-19-17-15-13-11-9-7-5-3-1-2-4-6-8-10-12-14-16-18-20-22-24-26-29-28(33)34/h32H,1-26H2,(H,30,31)(H2,29,33,34). The third kappa shape index (κ3) is 29.7. The number of carbonyl (C=O) groups excluding carboxylic acids is 1. The van der Waals surface area contributed by atoms with E-state index >= 15 is 0 Å². The molecule has 0 heterocycles. The number of hydrogen-bond acceptors (Lipinski definition) is 3. The van der Waals surface area contributed by atoms with E-state index in [9.17, 15) is 4.79 Å². The molecule has 202 valence electrons. The van der Waals surface area contributed by atoms with Crippen LogP contribution in [0.15, 0.2) is 0 Å². The molecule has 0 unspecified atom stereocenters. The highest BCUT2D eigenvalue weighted by Crippen LogP contribution is 2.15. The molecular weight excluding hydrogens is 460 g/mol. The fourth-order valence-corrected chi connectivity index (χ4v) is 4.76. The Hall–Kier alpha value is -0.330. The Labute approximate surface area is 222 Å². The van der Waals surface area contributed by atoms with Gasteiger partial charge < -0.3 is 5.32 Å². The zero-order valence-electron chi connectivity index (χ0n) is 22.1. The number of hydrogen-bond donors (Lipinski definition) is 4. The van der Waals surface area contributed by atoms with Gasteiger partial charge in [-0.1, -0.05) is 153 Å². The number of thiol groups is 1. The van der Waals surface area contributed by atoms with Gasteiger partial charge in [-0.2, -0.15) is 0 Å². The highest BCUT2D eigenvalue weighted by Gasteiger charge is 1.99. The molecule has 0 aliphatic rings. The van der Waals surface area contributed by atoms with Crippen molar-refractivity contribution in [3.63, 3.8) is 0 Å². The molecule has 0 radical (unpaired) electrons. The maximum absolute atomic E-state index is 10.9. The summed E-state index contributed by atoms with van der Waals surface area (Å²) in [7, 11) is 0. The van der Waals surface area contributed by atoms with Crippen LogP contribution in [0.25, 0.3) is 0 Å². The first-order valence-electron chi connectivity index (χ1n) is 14.6. The van der Waals surface area contributed by atoms with Crippen molar-refractivity contribution in [3.8, 4) is 0 Å². The van der Waals surface area contributed by atoms with Crippen molar-refractivity contribution in [3.05, 3.63) is 0 Å². The Morgan fingerprint density at radius 3 is 1.06 bits per heavy atom. The van der Waals surface area contributed by atoms with Crippen molar-refractivity contribution in [2.45, 2.75) is 161 Å². The number of hydroxylamine groups is 1. The molecular formula is C28H56N2O2S2. The SMILES string of the molecule is O=C(CCCCCCCCCCCCCCCCCCCCCCCCCCNC(=S)S)NO. The average Bonchev–Trinajstić information content (AvgIpc) is 2.83. The Morgan fingerprint density at radius 2 is 0.794 bits per heavy atom. The lowest BCUT2D eigenvalue weighted by atomic mass is 10.0. The molecule has 0 rings (SSSR count). The van der Waals surface area contributed by atoms with Crippen LogP contribution in [-0.4, -0.2) is 22.0 Å². The number of nitrogens with one attached hydrogen (secondary N) is 2. The summed E-state index contributed by atoms with van der Waals surface area (Å²) in [5, 5.41) is 11.5. The topological polar surface area (TPSA) is 61.4 Å². The van der Waals surface area contributed by atoms with E-state index in [0.29, 0.717) is 10.7 Å². The summed E-state index contributed by atoms with van der Waals surface area (Å²) in [6.07, 6.45) is 32.8. The maximum Gasteiger partial charge on any atom is 0.243 e. The summed E-state index contributed by atoms with van der Waals surface area (Å²) >= 11 is 8.95. The lowest BCUT2D eigenvalue weighted by molar-refractivity contribution is -0.129. The second-order valence-electron chi connectivity index (χ2n) is 10.0. The van der Waals surface area contributed by atoms with Gasteiger partial charge in [0.05, 0.1) is 0 Å². The van der Waals surface area contributed by atoms with Gasteiger partial charge in [-0.05, 0) is 12.8 Å². The quantitative estimate of drug-likeness (QED) is 0.0289. The third-order valence-corrected chi connectivity index (χ3v) is 7.03. The number of unbranched alkanes of at least 4 members (excludes halogenated alkanes) is 23. The Balaban J connectivity index is 3.04. The van der Waals surface area contributed by atoms with Crippen molar-refractivity contribution in [2.24, 2.45) is 0 Å². The summed E-state index contributed by atoms with van der Waals surface area (Å²) in [5.41, 5.74) is 1.69. The Morgan fingerprint density at radius 1 is 0.529 bits per heavy atom. The summed E-state index contributed by atoms with van der Waals surface area (Å²) in [6, 6.07) is 0. The zero-order chi connectivity index (χ0) is 25.0. The lowest BCUT2D eigenvalue weighted by Crippen LogP contribution is -2.17. The first-order chi connectivity index (χ1) is 16.7. The van der Waals surface area contributed by atoms with Crippen molar-refractivity contribution < 1.29 is 10.0 Å². The van der Waals surface area contributed by atoms with E-state index < -0.39 is 0 Å². The van der Waals surface area contributed by atoms with Crippen LogP contribution in [0.3, 0.4) is 0 Å². The second kappa shape index (κ2) is 28.9. The molecule has 1 amide bonds. The molecule has 34 heavy (non-hydrogen) atoms. The largest absolute Gasteiger partial charge is 0.371 e. The predicted molar refractivity (Wildman–Crippen MR) is 155 cm³/mol. The molecule has 3 N–H and O–H groups in total. The second-order valence-corrected chi connectivity index (χ2v) is 11.2. The minimum Gasteiger partial charge on any atom is -0.371 e. The fourth-order valence-electron chi connectivity index (χ4n) is 4.55. The Kier molecular flexibility index (Phi) is 28.6. The van der Waals surface area contributed by atoms with E-state index in [4.69, 9.17) is 17.4 Å². The first-order valence-corrected chi connectivity index (χ1v) is 15.4. The number of carbonyl (C=O) groups is 1. The molecule has 0 atom stereocenters. The van der Waals surface area contributed by atoms with Gasteiger partial charge in [-0.15, -0.1) is 12.6 Å². The third-order valence-electron chi connectivity index (χ3n) is 6.73. The summed E-state index contributed by atoms with van der Waals surface area (Å²) in [6.45, 7) is 0.975. The van der Waals surface area contributed by atoms with Gasteiger partial charge >= 0.3 is 0 Å². The van der Waals surface area contributed by atoms with E-state index in [1.54, 1.807) is 5.48 Å². The minimum absolute atomic E-state index is 0.260. The van der Waals surface area contributed by atoms with Crippen LogP contribution < -0.4 is 10.8 Å². The summed E-state index contributed by atoms with van der Waals surface area (Å²) in [5.74, 6) is -0.260. The van der Waals surface area contributed by atoms with Gasteiger partial charge in [0, 0.05) is 13.0 Å². The van der Waals surface area contributed by atoms with E-state index in [1.165, 1.54) is 141 Å². The average molecular weight is 517 g/mol. The van der Waals surface area contributed by atoms with Gasteiger partial charge in [0.1, 0.15) is 4.32 Å². The molecule has 0 aromatic heterocycles. The summed E-state index contributed by atoms with van der Waals surface area (Å²) < 4.78 is 0.618. The van der Waals surface area contributed by atoms with E-state index in [2.05, 4.69) is 17.9 Å².